The summed E-state index contributed by atoms with van der Waals surface area (Å²) < 4.78 is 28.3. The number of piperidine rings is 1. The number of carbonyl (C=O) groups excluding carboxylic acids is 1. The van der Waals surface area contributed by atoms with Crippen molar-refractivity contribution in [2.45, 2.75) is 33.1 Å². The first-order chi connectivity index (χ1) is 8.83. The lowest BCUT2D eigenvalue weighted by molar-refractivity contribution is -0.119. The van der Waals surface area contributed by atoms with Crippen LogP contribution in [0.1, 0.15) is 33.1 Å². The van der Waals surface area contributed by atoms with Crippen LogP contribution in [-0.2, 0) is 15.0 Å². The van der Waals surface area contributed by atoms with E-state index in [-0.39, 0.29) is 11.3 Å². The summed E-state index contributed by atoms with van der Waals surface area (Å²) in [7, 11) is -3.36. The lowest BCUT2D eigenvalue weighted by atomic mass is 9.78. The zero-order valence-corrected chi connectivity index (χ0v) is 12.4. The van der Waals surface area contributed by atoms with Gasteiger partial charge in [-0.25, -0.2) is 4.72 Å². The summed E-state index contributed by atoms with van der Waals surface area (Å²) in [5.74, 6) is 0.386. The topological polar surface area (TPSA) is 78.5 Å². The van der Waals surface area contributed by atoms with Crippen LogP contribution in [0.4, 0.5) is 0 Å². The van der Waals surface area contributed by atoms with Gasteiger partial charge in [-0.1, -0.05) is 13.8 Å². The smallest absolute Gasteiger partial charge is 0.279 e. The second-order valence-corrected chi connectivity index (χ2v) is 7.86. The van der Waals surface area contributed by atoms with E-state index in [9.17, 15) is 13.2 Å². The van der Waals surface area contributed by atoms with Crippen molar-refractivity contribution in [1.82, 2.24) is 14.3 Å². The molecule has 7 heteroatoms. The fourth-order valence-electron chi connectivity index (χ4n) is 2.67. The monoisotopic (exact) mass is 289 g/mol. The van der Waals surface area contributed by atoms with E-state index in [1.807, 2.05) is 13.8 Å². The minimum Gasteiger partial charge on any atom is -0.356 e. The second-order valence-electron chi connectivity index (χ2n) is 6.10. The molecule has 0 atom stereocenters. The van der Waals surface area contributed by atoms with Gasteiger partial charge in [-0.3, -0.25) is 4.79 Å². The Balaban J connectivity index is 1.91. The number of amides is 1. The van der Waals surface area contributed by atoms with Crippen LogP contribution in [0.3, 0.4) is 0 Å². The number of nitrogens with zero attached hydrogens (tertiary/aromatic N) is 1. The molecule has 2 fully saturated rings. The van der Waals surface area contributed by atoms with Gasteiger partial charge in [0.15, 0.2) is 0 Å². The summed E-state index contributed by atoms with van der Waals surface area (Å²) >= 11 is 0. The van der Waals surface area contributed by atoms with Crippen LogP contribution in [-0.4, -0.2) is 44.8 Å². The van der Waals surface area contributed by atoms with Crippen molar-refractivity contribution in [1.29, 1.82) is 0 Å². The summed E-state index contributed by atoms with van der Waals surface area (Å²) in [6, 6.07) is 0. The molecule has 110 valence electrons. The molecule has 0 aromatic rings. The predicted molar refractivity (Wildman–Crippen MR) is 72.6 cm³/mol. The average Bonchev–Trinajstić information content (AvgIpc) is 2.69. The maximum absolute atomic E-state index is 12.1. The molecule has 2 saturated heterocycles. The van der Waals surface area contributed by atoms with E-state index in [1.54, 1.807) is 0 Å². The second kappa shape index (κ2) is 5.38. The van der Waals surface area contributed by atoms with Crippen LogP contribution >= 0.6 is 0 Å². The molecule has 2 N–H and O–H groups in total. The number of hydrogen-bond acceptors (Lipinski definition) is 3. The number of hydrogen-bond donors (Lipinski definition) is 2. The molecule has 2 rings (SSSR count). The Hall–Kier alpha value is -0.660. The van der Waals surface area contributed by atoms with Crippen LogP contribution in [0.15, 0.2) is 0 Å². The maximum Gasteiger partial charge on any atom is 0.279 e. The molecule has 2 heterocycles. The van der Waals surface area contributed by atoms with Crippen LogP contribution in [0, 0.1) is 11.3 Å². The Morgan fingerprint density at radius 3 is 2.47 bits per heavy atom. The van der Waals surface area contributed by atoms with Crippen molar-refractivity contribution >= 4 is 16.1 Å². The molecule has 2 aliphatic heterocycles. The summed E-state index contributed by atoms with van der Waals surface area (Å²) in [6.45, 7) is 6.11. The summed E-state index contributed by atoms with van der Waals surface area (Å²) in [6.07, 6.45) is 2.06. The third-order valence-corrected chi connectivity index (χ3v) is 5.57. The van der Waals surface area contributed by atoms with Gasteiger partial charge in [0.25, 0.3) is 10.2 Å². The standard InChI is InChI=1S/C12H23N3O3S/c1-10(2)8-14-19(17,18)15-5-3-12(4-6-15)7-11(16)13-9-12/h10,14H,3-9H2,1-2H3,(H,13,16). The first-order valence-electron chi connectivity index (χ1n) is 6.84. The average molecular weight is 289 g/mol. The van der Waals surface area contributed by atoms with Crippen molar-refractivity contribution in [3.63, 3.8) is 0 Å². The largest absolute Gasteiger partial charge is 0.356 e. The minimum absolute atomic E-state index is 0.0127. The lowest BCUT2D eigenvalue weighted by Crippen LogP contribution is -2.48. The maximum atomic E-state index is 12.1. The van der Waals surface area contributed by atoms with E-state index in [1.165, 1.54) is 4.31 Å². The van der Waals surface area contributed by atoms with Gasteiger partial charge < -0.3 is 5.32 Å². The zero-order valence-electron chi connectivity index (χ0n) is 11.6. The molecule has 0 bridgehead atoms. The Bertz CT molecular complexity index is 439. The van der Waals surface area contributed by atoms with E-state index in [0.29, 0.717) is 38.5 Å². The first kappa shape index (κ1) is 14.7. The number of carbonyl (C=O) groups is 1. The Morgan fingerprint density at radius 2 is 2.00 bits per heavy atom. The van der Waals surface area contributed by atoms with Gasteiger partial charge in [0, 0.05) is 32.6 Å². The molecule has 0 aromatic heterocycles. The van der Waals surface area contributed by atoms with Crippen molar-refractivity contribution in [3.8, 4) is 0 Å². The number of rotatable bonds is 4. The molecule has 0 saturated carbocycles. The molecular weight excluding hydrogens is 266 g/mol. The number of nitrogens with one attached hydrogen (secondary N) is 2. The lowest BCUT2D eigenvalue weighted by Gasteiger charge is -2.37. The van der Waals surface area contributed by atoms with Gasteiger partial charge in [0.2, 0.25) is 5.91 Å². The van der Waals surface area contributed by atoms with Gasteiger partial charge in [0.05, 0.1) is 0 Å². The molecule has 0 aliphatic carbocycles. The molecule has 2 aliphatic rings. The van der Waals surface area contributed by atoms with Crippen molar-refractivity contribution in [2.24, 2.45) is 11.3 Å². The predicted octanol–water partition coefficient (Wildman–Crippen LogP) is 0.0789. The van der Waals surface area contributed by atoms with Crippen molar-refractivity contribution < 1.29 is 13.2 Å². The first-order valence-corrected chi connectivity index (χ1v) is 8.28. The Labute approximate surface area is 115 Å². The fourth-order valence-corrected chi connectivity index (χ4v) is 4.06. The highest BCUT2D eigenvalue weighted by atomic mass is 32.2. The summed E-state index contributed by atoms with van der Waals surface area (Å²) in [5, 5.41) is 2.85. The molecule has 1 spiro atoms. The molecular formula is C12H23N3O3S. The van der Waals surface area contributed by atoms with Crippen molar-refractivity contribution in [3.05, 3.63) is 0 Å². The van der Waals surface area contributed by atoms with E-state index < -0.39 is 10.2 Å². The Kier molecular flexibility index (Phi) is 4.17. The van der Waals surface area contributed by atoms with E-state index in [4.69, 9.17) is 0 Å². The normalized spacial score (nSPS) is 24.1. The third kappa shape index (κ3) is 3.46. The molecule has 0 radical (unpaired) electrons. The van der Waals surface area contributed by atoms with Gasteiger partial charge in [0.1, 0.15) is 0 Å². The van der Waals surface area contributed by atoms with E-state index in [0.717, 1.165) is 12.8 Å². The van der Waals surface area contributed by atoms with Crippen LogP contribution in [0.5, 0.6) is 0 Å². The van der Waals surface area contributed by atoms with E-state index >= 15 is 0 Å². The molecule has 0 unspecified atom stereocenters. The fraction of sp³-hybridized carbons (Fsp3) is 0.917. The highest BCUT2D eigenvalue weighted by Gasteiger charge is 2.42. The van der Waals surface area contributed by atoms with Crippen LogP contribution in [0.25, 0.3) is 0 Å². The van der Waals surface area contributed by atoms with Gasteiger partial charge >= 0.3 is 0 Å². The quantitative estimate of drug-likeness (QED) is 0.769. The molecule has 1 amide bonds. The Morgan fingerprint density at radius 1 is 1.37 bits per heavy atom. The zero-order chi connectivity index (χ0) is 14.1. The van der Waals surface area contributed by atoms with Crippen LogP contribution in [0.2, 0.25) is 0 Å². The SMILES string of the molecule is CC(C)CNS(=O)(=O)N1CCC2(CC1)CNC(=O)C2. The molecule has 19 heavy (non-hydrogen) atoms. The van der Waals surface area contributed by atoms with Gasteiger partial charge in [-0.2, -0.15) is 12.7 Å². The van der Waals surface area contributed by atoms with Gasteiger partial charge in [-0.15, -0.1) is 0 Å². The highest BCUT2D eigenvalue weighted by Crippen LogP contribution is 2.37. The summed E-state index contributed by atoms with van der Waals surface area (Å²) in [5.41, 5.74) is -0.0127. The third-order valence-electron chi connectivity index (χ3n) is 3.99. The van der Waals surface area contributed by atoms with E-state index in [2.05, 4.69) is 10.0 Å². The highest BCUT2D eigenvalue weighted by molar-refractivity contribution is 7.87. The van der Waals surface area contributed by atoms with Crippen molar-refractivity contribution in [2.75, 3.05) is 26.2 Å². The molecule has 6 nitrogen and oxygen atoms in total. The molecule has 0 aromatic carbocycles. The minimum atomic E-state index is -3.36. The van der Waals surface area contributed by atoms with Crippen LogP contribution < -0.4 is 10.0 Å². The van der Waals surface area contributed by atoms with Gasteiger partial charge in [-0.05, 0) is 24.2 Å². The summed E-state index contributed by atoms with van der Waals surface area (Å²) in [4.78, 5) is 11.3.